The molecule has 0 aliphatic carbocycles. The normalized spacial score (nSPS) is 10.7. The van der Waals surface area contributed by atoms with E-state index in [2.05, 4.69) is 15.9 Å². The highest BCUT2D eigenvalue weighted by atomic mass is 79.9. The number of halogens is 1. The molecule has 0 aliphatic rings. The minimum Gasteiger partial charge on any atom is -0.450 e. The van der Waals surface area contributed by atoms with Crippen LogP contribution >= 0.6 is 15.9 Å². The highest BCUT2D eigenvalue weighted by molar-refractivity contribution is 9.10. The molecule has 0 heterocycles. The minimum atomic E-state index is -0.529. The van der Waals surface area contributed by atoms with Crippen LogP contribution in [0.4, 0.5) is 11.4 Å². The zero-order chi connectivity index (χ0) is 15.6. The van der Waals surface area contributed by atoms with Gasteiger partial charge in [-0.15, -0.1) is 0 Å². The second-order valence-corrected chi connectivity index (χ2v) is 5.81. The summed E-state index contributed by atoms with van der Waals surface area (Å²) in [6, 6.07) is 10.2. The van der Waals surface area contributed by atoms with Crippen molar-refractivity contribution in [2.24, 2.45) is 0 Å². The molecule has 0 bridgehead atoms. The van der Waals surface area contributed by atoms with Crippen LogP contribution in [0.3, 0.4) is 0 Å². The molecule has 2 rings (SSSR count). The average Bonchev–Trinajstić information content (AvgIpc) is 2.40. The molecule has 0 spiro atoms. The van der Waals surface area contributed by atoms with E-state index in [0.717, 1.165) is 10.0 Å². The lowest BCUT2D eigenvalue weighted by molar-refractivity contribution is -0.384. The van der Waals surface area contributed by atoms with Crippen molar-refractivity contribution in [2.45, 2.75) is 19.8 Å². The molecule has 0 saturated carbocycles. The van der Waals surface area contributed by atoms with E-state index in [1.807, 2.05) is 26.0 Å². The Kier molecular flexibility index (Phi) is 4.47. The van der Waals surface area contributed by atoms with Gasteiger partial charge >= 0.3 is 5.69 Å². The summed E-state index contributed by atoms with van der Waals surface area (Å²) >= 11 is 3.42. The van der Waals surface area contributed by atoms with E-state index in [1.54, 1.807) is 18.2 Å². The van der Waals surface area contributed by atoms with E-state index in [-0.39, 0.29) is 23.0 Å². The summed E-state index contributed by atoms with van der Waals surface area (Å²) in [4.78, 5) is 10.6. The van der Waals surface area contributed by atoms with E-state index >= 15 is 0 Å². The van der Waals surface area contributed by atoms with Gasteiger partial charge in [-0.05, 0) is 41.8 Å². The number of nitrogen functional groups attached to an aromatic ring is 1. The summed E-state index contributed by atoms with van der Waals surface area (Å²) < 4.78 is 6.69. The van der Waals surface area contributed by atoms with Gasteiger partial charge in [0.1, 0.15) is 11.4 Å². The third kappa shape index (κ3) is 3.33. The van der Waals surface area contributed by atoms with Gasteiger partial charge in [-0.2, -0.15) is 0 Å². The minimum absolute atomic E-state index is 0.0840. The number of rotatable bonds is 4. The maximum atomic E-state index is 11.1. The van der Waals surface area contributed by atoms with E-state index in [9.17, 15) is 10.1 Å². The molecule has 0 aliphatic heterocycles. The van der Waals surface area contributed by atoms with Gasteiger partial charge in [-0.25, -0.2) is 0 Å². The Labute approximate surface area is 131 Å². The van der Waals surface area contributed by atoms with Crippen LogP contribution in [0.25, 0.3) is 0 Å². The first-order valence-corrected chi connectivity index (χ1v) is 7.19. The van der Waals surface area contributed by atoms with Crippen LogP contribution in [0.1, 0.15) is 25.3 Å². The number of ether oxygens (including phenoxy) is 1. The lowest BCUT2D eigenvalue weighted by atomic mass is 10.0. The molecule has 0 saturated heterocycles. The Bertz CT molecular complexity index is 687. The second-order valence-electron chi connectivity index (χ2n) is 4.89. The van der Waals surface area contributed by atoms with Gasteiger partial charge in [-0.1, -0.05) is 35.8 Å². The Morgan fingerprint density at radius 3 is 2.57 bits per heavy atom. The van der Waals surface area contributed by atoms with E-state index in [4.69, 9.17) is 10.5 Å². The number of nitrogens with zero attached hydrogens (tertiary/aromatic N) is 1. The fourth-order valence-electron chi connectivity index (χ4n) is 2.00. The van der Waals surface area contributed by atoms with E-state index in [1.165, 1.54) is 6.07 Å². The number of anilines is 1. The van der Waals surface area contributed by atoms with Crippen molar-refractivity contribution in [3.8, 4) is 11.5 Å². The van der Waals surface area contributed by atoms with Gasteiger partial charge in [0.15, 0.2) is 0 Å². The molecule has 6 heteroatoms. The fourth-order valence-corrected chi connectivity index (χ4v) is 2.38. The summed E-state index contributed by atoms with van der Waals surface area (Å²) in [5.41, 5.74) is 6.50. The van der Waals surface area contributed by atoms with Crippen molar-refractivity contribution in [3.05, 3.63) is 56.5 Å². The average molecular weight is 351 g/mol. The Morgan fingerprint density at radius 1 is 1.24 bits per heavy atom. The molecule has 0 fully saturated rings. The molecule has 2 aromatic rings. The van der Waals surface area contributed by atoms with Gasteiger partial charge in [0.25, 0.3) is 0 Å². The molecule has 5 nitrogen and oxygen atoms in total. The highest BCUT2D eigenvalue weighted by Crippen LogP contribution is 2.39. The zero-order valence-electron chi connectivity index (χ0n) is 11.7. The summed E-state index contributed by atoms with van der Waals surface area (Å²) in [6.45, 7) is 4.06. The first kappa shape index (κ1) is 15.3. The molecule has 2 N–H and O–H groups in total. The maximum Gasteiger partial charge on any atom is 0.334 e. The number of benzene rings is 2. The molecule has 110 valence electrons. The molecular formula is C15H15BrN2O3. The summed E-state index contributed by atoms with van der Waals surface area (Å²) in [7, 11) is 0. The van der Waals surface area contributed by atoms with Crippen LogP contribution < -0.4 is 10.5 Å². The van der Waals surface area contributed by atoms with Crippen LogP contribution in [0, 0.1) is 10.1 Å². The fraction of sp³-hybridized carbons (Fsp3) is 0.200. The number of hydrogen-bond donors (Lipinski definition) is 1. The predicted molar refractivity (Wildman–Crippen MR) is 85.8 cm³/mol. The number of nitrogens with two attached hydrogens (primary N) is 1. The monoisotopic (exact) mass is 350 g/mol. The second kappa shape index (κ2) is 6.13. The Morgan fingerprint density at radius 2 is 1.95 bits per heavy atom. The topological polar surface area (TPSA) is 78.4 Å². The molecule has 0 unspecified atom stereocenters. The van der Waals surface area contributed by atoms with Crippen LogP contribution in [0.5, 0.6) is 11.5 Å². The van der Waals surface area contributed by atoms with Gasteiger partial charge in [0, 0.05) is 4.47 Å². The molecular weight excluding hydrogens is 336 g/mol. The molecule has 0 radical (unpaired) electrons. The van der Waals surface area contributed by atoms with Crippen molar-refractivity contribution in [1.29, 1.82) is 0 Å². The maximum absolute atomic E-state index is 11.1. The number of hydrogen-bond acceptors (Lipinski definition) is 4. The molecule has 0 amide bonds. The predicted octanol–water partition coefficient (Wildman–Crippen LogP) is 4.86. The molecule has 21 heavy (non-hydrogen) atoms. The van der Waals surface area contributed by atoms with Crippen molar-refractivity contribution in [1.82, 2.24) is 0 Å². The molecule has 0 atom stereocenters. The number of nitro benzene ring substituents is 1. The third-order valence-corrected chi connectivity index (χ3v) is 3.52. The van der Waals surface area contributed by atoms with Gasteiger partial charge < -0.3 is 10.5 Å². The first-order valence-electron chi connectivity index (χ1n) is 6.40. The van der Waals surface area contributed by atoms with E-state index < -0.39 is 4.92 Å². The van der Waals surface area contributed by atoms with Crippen LogP contribution in [-0.2, 0) is 0 Å². The SMILES string of the molecule is CC(C)c1cc(Br)ccc1Oc1cccc(N)c1[N+](=O)[O-]. The highest BCUT2D eigenvalue weighted by Gasteiger charge is 2.21. The number of nitro groups is 1. The summed E-state index contributed by atoms with van der Waals surface area (Å²) in [5, 5.41) is 11.1. The number of para-hydroxylation sites is 1. The lowest BCUT2D eigenvalue weighted by Gasteiger charge is -2.14. The Balaban J connectivity index is 2.49. The first-order chi connectivity index (χ1) is 9.90. The third-order valence-electron chi connectivity index (χ3n) is 3.03. The quantitative estimate of drug-likeness (QED) is 0.485. The van der Waals surface area contributed by atoms with Crippen molar-refractivity contribution in [3.63, 3.8) is 0 Å². The van der Waals surface area contributed by atoms with Crippen LogP contribution in [0.2, 0.25) is 0 Å². The lowest BCUT2D eigenvalue weighted by Crippen LogP contribution is -2.00. The van der Waals surface area contributed by atoms with Crippen molar-refractivity contribution in [2.75, 3.05) is 5.73 Å². The van der Waals surface area contributed by atoms with Gasteiger partial charge in [0.2, 0.25) is 5.75 Å². The van der Waals surface area contributed by atoms with Crippen LogP contribution in [-0.4, -0.2) is 4.92 Å². The van der Waals surface area contributed by atoms with Gasteiger partial charge in [-0.3, -0.25) is 10.1 Å². The van der Waals surface area contributed by atoms with Crippen molar-refractivity contribution < 1.29 is 9.66 Å². The van der Waals surface area contributed by atoms with Gasteiger partial charge in [0.05, 0.1) is 4.92 Å². The van der Waals surface area contributed by atoms with E-state index in [0.29, 0.717) is 5.75 Å². The van der Waals surface area contributed by atoms with Crippen molar-refractivity contribution >= 4 is 27.3 Å². The summed E-state index contributed by atoms with van der Waals surface area (Å²) in [5.74, 6) is 0.948. The standard InChI is InChI=1S/C15H15BrN2O3/c1-9(2)11-8-10(16)6-7-13(11)21-14-5-3-4-12(17)15(14)18(19)20/h3-9H,17H2,1-2H3. The molecule has 2 aromatic carbocycles. The molecule has 0 aromatic heterocycles. The Hall–Kier alpha value is -2.08. The smallest absolute Gasteiger partial charge is 0.334 e. The largest absolute Gasteiger partial charge is 0.450 e. The van der Waals surface area contributed by atoms with Crippen LogP contribution in [0.15, 0.2) is 40.9 Å². The zero-order valence-corrected chi connectivity index (χ0v) is 13.3. The summed E-state index contributed by atoms with van der Waals surface area (Å²) in [6.07, 6.45) is 0.